The SMILES string of the molecule is Cc1ccc(S(=O)(=O)NC(=O)Nc2ccc(-n3c(=O)[nH]c4ccc(S)cc4c3=O)nc2)s1. The maximum Gasteiger partial charge on any atom is 0.334 e. The molecule has 0 saturated heterocycles. The lowest BCUT2D eigenvalue weighted by Gasteiger charge is -2.09. The lowest BCUT2D eigenvalue weighted by molar-refractivity contribution is 0.256. The Bertz CT molecular complexity index is 1570. The van der Waals surface area contributed by atoms with E-state index in [2.05, 4.69) is 27.9 Å². The van der Waals surface area contributed by atoms with Crippen LogP contribution in [0.1, 0.15) is 4.88 Å². The highest BCUT2D eigenvalue weighted by atomic mass is 32.2. The summed E-state index contributed by atoms with van der Waals surface area (Å²) in [6.45, 7) is 1.75. The second kappa shape index (κ2) is 8.26. The Balaban J connectivity index is 1.57. The number of carbonyl (C=O) groups is 1. The van der Waals surface area contributed by atoms with Crippen molar-refractivity contribution in [2.45, 2.75) is 16.0 Å². The molecule has 0 bridgehead atoms. The van der Waals surface area contributed by atoms with Crippen LogP contribution in [0.2, 0.25) is 0 Å². The number of anilines is 1. The molecule has 10 nitrogen and oxygen atoms in total. The number of rotatable bonds is 4. The molecule has 164 valence electrons. The molecule has 0 unspecified atom stereocenters. The van der Waals surface area contributed by atoms with E-state index in [-0.39, 0.29) is 21.1 Å². The predicted molar refractivity (Wildman–Crippen MR) is 124 cm³/mol. The van der Waals surface area contributed by atoms with Crippen LogP contribution in [0, 0.1) is 6.92 Å². The second-order valence-electron chi connectivity index (χ2n) is 6.63. The summed E-state index contributed by atoms with van der Waals surface area (Å²) in [6.07, 6.45) is 1.20. The van der Waals surface area contributed by atoms with Crippen LogP contribution in [-0.4, -0.2) is 29.0 Å². The van der Waals surface area contributed by atoms with Gasteiger partial charge in [0.15, 0.2) is 0 Å². The first kappa shape index (κ1) is 21.8. The third kappa shape index (κ3) is 4.30. The number of nitrogens with one attached hydrogen (secondary N) is 3. The molecule has 3 N–H and O–H groups in total. The minimum absolute atomic E-state index is 0.0119. The molecule has 3 aromatic heterocycles. The van der Waals surface area contributed by atoms with Gasteiger partial charge in [-0.15, -0.1) is 24.0 Å². The molecule has 2 amide bonds. The van der Waals surface area contributed by atoms with Crippen LogP contribution in [0.5, 0.6) is 0 Å². The van der Waals surface area contributed by atoms with E-state index >= 15 is 0 Å². The number of benzene rings is 1. The van der Waals surface area contributed by atoms with Gasteiger partial charge in [-0.05, 0) is 49.4 Å². The number of carbonyl (C=O) groups excluding carboxylic acids is 1. The van der Waals surface area contributed by atoms with Crippen molar-refractivity contribution in [3.63, 3.8) is 0 Å². The van der Waals surface area contributed by atoms with E-state index in [1.807, 2.05) is 4.72 Å². The molecule has 4 aromatic rings. The number of nitrogens with zero attached hydrogens (tertiary/aromatic N) is 2. The summed E-state index contributed by atoms with van der Waals surface area (Å²) in [6, 6.07) is 9.55. The van der Waals surface area contributed by atoms with Gasteiger partial charge >= 0.3 is 11.7 Å². The minimum atomic E-state index is -4.01. The molecule has 0 atom stereocenters. The molecule has 3 heterocycles. The normalized spacial score (nSPS) is 11.4. The second-order valence-corrected chi connectivity index (χ2v) is 10.3. The zero-order chi connectivity index (χ0) is 23.0. The highest BCUT2D eigenvalue weighted by Gasteiger charge is 2.19. The molecule has 13 heteroatoms. The largest absolute Gasteiger partial charge is 0.334 e. The predicted octanol–water partition coefficient (Wildman–Crippen LogP) is 2.24. The number of hydrogen-bond acceptors (Lipinski definition) is 8. The highest BCUT2D eigenvalue weighted by molar-refractivity contribution is 7.92. The third-order valence-corrected chi connectivity index (χ3v) is 7.43. The number of aromatic nitrogens is 3. The van der Waals surface area contributed by atoms with E-state index in [1.54, 1.807) is 25.1 Å². The van der Waals surface area contributed by atoms with Gasteiger partial charge in [0.2, 0.25) is 0 Å². The average molecular weight is 490 g/mol. The highest BCUT2D eigenvalue weighted by Crippen LogP contribution is 2.20. The number of aromatic amines is 1. The number of thiol groups is 1. The van der Waals surface area contributed by atoms with E-state index in [0.29, 0.717) is 10.4 Å². The molecule has 0 saturated carbocycles. The van der Waals surface area contributed by atoms with Gasteiger partial charge in [-0.1, -0.05) is 0 Å². The van der Waals surface area contributed by atoms with Gasteiger partial charge < -0.3 is 10.3 Å². The molecule has 32 heavy (non-hydrogen) atoms. The maximum absolute atomic E-state index is 12.8. The minimum Gasteiger partial charge on any atom is -0.306 e. The molecular formula is C19H15N5O5S3. The summed E-state index contributed by atoms with van der Waals surface area (Å²) < 4.78 is 27.2. The topological polar surface area (TPSA) is 143 Å². The molecule has 0 aliphatic carbocycles. The number of sulfonamides is 1. The number of amides is 2. The fourth-order valence-electron chi connectivity index (χ4n) is 2.89. The summed E-state index contributed by atoms with van der Waals surface area (Å²) in [5.41, 5.74) is -0.737. The van der Waals surface area contributed by atoms with Crippen molar-refractivity contribution in [3.8, 4) is 5.82 Å². The van der Waals surface area contributed by atoms with Crippen molar-refractivity contribution < 1.29 is 13.2 Å². The van der Waals surface area contributed by atoms with Gasteiger partial charge in [-0.25, -0.2) is 32.3 Å². The average Bonchev–Trinajstić information content (AvgIpc) is 3.17. The van der Waals surface area contributed by atoms with Crippen molar-refractivity contribution in [2.24, 2.45) is 0 Å². The van der Waals surface area contributed by atoms with Gasteiger partial charge in [-0.3, -0.25) is 4.79 Å². The molecule has 0 radical (unpaired) electrons. The smallest absolute Gasteiger partial charge is 0.306 e. The van der Waals surface area contributed by atoms with Crippen molar-refractivity contribution >= 4 is 56.6 Å². The van der Waals surface area contributed by atoms with Crippen LogP contribution in [0.3, 0.4) is 0 Å². The van der Waals surface area contributed by atoms with Crippen molar-refractivity contribution in [1.29, 1.82) is 0 Å². The third-order valence-electron chi connectivity index (χ3n) is 4.32. The van der Waals surface area contributed by atoms with Crippen molar-refractivity contribution in [3.05, 3.63) is 74.4 Å². The lowest BCUT2D eigenvalue weighted by atomic mass is 10.2. The van der Waals surface area contributed by atoms with Crippen LogP contribution in [0.25, 0.3) is 16.7 Å². The zero-order valence-corrected chi connectivity index (χ0v) is 18.8. The van der Waals surface area contributed by atoms with E-state index in [0.717, 1.165) is 20.8 Å². The molecule has 0 spiro atoms. The van der Waals surface area contributed by atoms with Gasteiger partial charge in [0.05, 0.1) is 22.8 Å². The summed E-state index contributed by atoms with van der Waals surface area (Å²) in [7, 11) is -4.01. The Kier molecular flexibility index (Phi) is 5.62. The fraction of sp³-hybridized carbons (Fsp3) is 0.0526. The van der Waals surface area contributed by atoms with Crippen LogP contribution in [0.15, 0.2) is 67.4 Å². The Morgan fingerprint density at radius 3 is 2.59 bits per heavy atom. The first-order valence-electron chi connectivity index (χ1n) is 8.99. The van der Waals surface area contributed by atoms with Gasteiger partial charge in [-0.2, -0.15) is 0 Å². The monoisotopic (exact) mass is 489 g/mol. The number of fused-ring (bicyclic) bond motifs is 1. The molecule has 0 aliphatic heterocycles. The summed E-state index contributed by atoms with van der Waals surface area (Å²) in [4.78, 5) is 45.3. The number of thiophene rings is 1. The van der Waals surface area contributed by atoms with Crippen LogP contribution < -0.4 is 21.3 Å². The molecule has 0 aliphatic rings. The molecule has 1 aromatic carbocycles. The van der Waals surface area contributed by atoms with Gasteiger partial charge in [0, 0.05) is 9.77 Å². The summed E-state index contributed by atoms with van der Waals surface area (Å²) in [5, 5.41) is 2.61. The van der Waals surface area contributed by atoms with Crippen LogP contribution in [0.4, 0.5) is 10.5 Å². The molecular weight excluding hydrogens is 474 g/mol. The van der Waals surface area contributed by atoms with E-state index in [4.69, 9.17) is 0 Å². The van der Waals surface area contributed by atoms with Crippen LogP contribution in [-0.2, 0) is 10.0 Å². The first-order chi connectivity index (χ1) is 15.1. The number of pyridine rings is 1. The molecule has 4 rings (SSSR count). The van der Waals surface area contributed by atoms with Crippen LogP contribution >= 0.6 is 24.0 Å². The van der Waals surface area contributed by atoms with E-state index < -0.39 is 27.3 Å². The number of aryl methyl sites for hydroxylation is 1. The van der Waals surface area contributed by atoms with E-state index in [1.165, 1.54) is 30.5 Å². The zero-order valence-electron chi connectivity index (χ0n) is 16.3. The molecule has 0 fully saturated rings. The Hall–Kier alpha value is -3.42. The number of urea groups is 1. The van der Waals surface area contributed by atoms with E-state index in [9.17, 15) is 22.8 Å². The summed E-state index contributed by atoms with van der Waals surface area (Å²) in [5.74, 6) is 0.0235. The van der Waals surface area contributed by atoms with Crippen molar-refractivity contribution in [2.75, 3.05) is 5.32 Å². The van der Waals surface area contributed by atoms with Gasteiger partial charge in [0.1, 0.15) is 10.0 Å². The lowest BCUT2D eigenvalue weighted by Crippen LogP contribution is -2.35. The Labute approximate surface area is 190 Å². The fourth-order valence-corrected chi connectivity index (χ4v) is 5.28. The first-order valence-corrected chi connectivity index (χ1v) is 11.7. The number of H-pyrrole nitrogens is 1. The van der Waals surface area contributed by atoms with Gasteiger partial charge in [0.25, 0.3) is 15.6 Å². The number of hydrogen-bond donors (Lipinski definition) is 4. The van der Waals surface area contributed by atoms with Crippen molar-refractivity contribution in [1.82, 2.24) is 19.3 Å². The summed E-state index contributed by atoms with van der Waals surface area (Å²) >= 11 is 5.24. The quantitative estimate of drug-likeness (QED) is 0.324. The Morgan fingerprint density at radius 1 is 1.16 bits per heavy atom. The standard InChI is InChI=1S/C19H15N5O5S3/c1-10-2-7-16(31-10)32(28,29)23-18(26)21-11-3-6-15(20-9-11)24-17(25)13-8-12(30)4-5-14(13)22-19(24)27/h2-9,30H,1H3,(H,22,27)(H2,21,23,26). The maximum atomic E-state index is 12.8. The Morgan fingerprint density at radius 2 is 1.94 bits per heavy atom.